The number of benzene rings is 9. The zero-order valence-electron chi connectivity index (χ0n) is 29.2. The molecule has 0 aliphatic heterocycles. The van der Waals surface area contributed by atoms with Crippen LogP contribution < -0.4 is 0 Å². The molecule has 5 nitrogen and oxygen atoms in total. The second-order valence-electron chi connectivity index (χ2n) is 14.4. The van der Waals surface area contributed by atoms with E-state index in [1.807, 2.05) is 42.5 Å². The third-order valence-electron chi connectivity index (χ3n) is 11.6. The van der Waals surface area contributed by atoms with E-state index in [2.05, 4.69) is 126 Å². The Morgan fingerprint density at radius 3 is 1.78 bits per heavy atom. The van der Waals surface area contributed by atoms with Gasteiger partial charge in [0.2, 0.25) is 5.95 Å². The van der Waals surface area contributed by atoms with E-state index in [-0.39, 0.29) is 0 Å². The Balaban J connectivity index is 1.25. The minimum Gasteiger partial charge on any atom is -0.456 e. The molecule has 13 rings (SSSR count). The Bertz CT molecular complexity index is 3760. The van der Waals surface area contributed by atoms with Crippen molar-refractivity contribution in [3.63, 3.8) is 0 Å². The lowest BCUT2D eigenvalue weighted by Gasteiger charge is -2.13. The van der Waals surface area contributed by atoms with Gasteiger partial charge in [0.25, 0.3) is 0 Å². The summed E-state index contributed by atoms with van der Waals surface area (Å²) in [5.74, 6) is 0.583. The summed E-state index contributed by atoms with van der Waals surface area (Å²) >= 11 is 0. The highest BCUT2D eigenvalue weighted by Gasteiger charge is 2.25. The van der Waals surface area contributed by atoms with Crippen LogP contribution in [0.25, 0.3) is 126 Å². The second-order valence-corrected chi connectivity index (χ2v) is 14.4. The van der Waals surface area contributed by atoms with Gasteiger partial charge in [-0.15, -0.1) is 0 Å². The first-order chi connectivity index (χ1) is 27.3. The number of furan rings is 2. The molecular formula is C50H27N3O2. The number of hydrogen-bond acceptors (Lipinski definition) is 4. The van der Waals surface area contributed by atoms with Gasteiger partial charge < -0.3 is 8.83 Å². The van der Waals surface area contributed by atoms with Gasteiger partial charge in [0.05, 0.1) is 11.0 Å². The molecule has 0 amide bonds. The van der Waals surface area contributed by atoms with Gasteiger partial charge in [-0.25, -0.2) is 9.97 Å². The predicted octanol–water partition coefficient (Wildman–Crippen LogP) is 13.7. The maximum absolute atomic E-state index is 6.67. The highest BCUT2D eigenvalue weighted by atomic mass is 16.3. The van der Waals surface area contributed by atoms with Gasteiger partial charge in [0.15, 0.2) is 5.58 Å². The SMILES string of the molecule is c1ccc2c(c1)ccc1c3c4c5ccccc5c5ccccc5c4ccc3n(-c3nc(-c4cccc5oc6ccccc6c45)c4oc5ccccc5c4n3)c21. The van der Waals surface area contributed by atoms with E-state index >= 15 is 0 Å². The molecule has 0 aliphatic rings. The van der Waals surface area contributed by atoms with Gasteiger partial charge in [-0.3, -0.25) is 4.57 Å². The van der Waals surface area contributed by atoms with Crippen molar-refractivity contribution >= 4 is 109 Å². The fraction of sp³-hybridized carbons (Fsp3) is 0. The largest absolute Gasteiger partial charge is 0.456 e. The Morgan fingerprint density at radius 2 is 0.982 bits per heavy atom. The molecule has 13 aromatic rings. The molecule has 0 spiro atoms. The predicted molar refractivity (Wildman–Crippen MR) is 226 cm³/mol. The summed E-state index contributed by atoms with van der Waals surface area (Å²) in [6.07, 6.45) is 0. The quantitative estimate of drug-likeness (QED) is 0.168. The molecule has 0 bridgehead atoms. The zero-order valence-corrected chi connectivity index (χ0v) is 29.2. The molecule has 4 heterocycles. The fourth-order valence-electron chi connectivity index (χ4n) is 9.30. The summed E-state index contributed by atoms with van der Waals surface area (Å²) in [7, 11) is 0. The number of hydrogen-bond donors (Lipinski definition) is 0. The van der Waals surface area contributed by atoms with E-state index < -0.39 is 0 Å². The first-order valence-electron chi connectivity index (χ1n) is 18.6. The van der Waals surface area contributed by atoms with E-state index in [1.165, 1.54) is 37.7 Å². The summed E-state index contributed by atoms with van der Waals surface area (Å²) in [6.45, 7) is 0. The number of rotatable bonds is 2. The first-order valence-corrected chi connectivity index (χ1v) is 18.6. The van der Waals surface area contributed by atoms with Crippen LogP contribution >= 0.6 is 0 Å². The van der Waals surface area contributed by atoms with Gasteiger partial charge in [-0.2, -0.15) is 0 Å². The lowest BCUT2D eigenvalue weighted by Crippen LogP contribution is -2.03. The van der Waals surface area contributed by atoms with E-state index in [0.29, 0.717) is 11.5 Å². The molecule has 5 heteroatoms. The van der Waals surface area contributed by atoms with Gasteiger partial charge in [0.1, 0.15) is 28.0 Å². The molecule has 0 N–H and O–H groups in total. The zero-order chi connectivity index (χ0) is 35.8. The molecule has 0 aliphatic carbocycles. The van der Waals surface area contributed by atoms with Crippen LogP contribution in [0.5, 0.6) is 0 Å². The number of aromatic nitrogens is 3. The maximum Gasteiger partial charge on any atom is 0.236 e. The average molecular weight is 702 g/mol. The summed E-state index contributed by atoms with van der Waals surface area (Å²) in [5.41, 5.74) is 7.60. The van der Waals surface area contributed by atoms with Crippen LogP contribution in [-0.4, -0.2) is 14.5 Å². The van der Waals surface area contributed by atoms with E-state index in [1.54, 1.807) is 0 Å². The van der Waals surface area contributed by atoms with Crippen molar-refractivity contribution < 1.29 is 8.83 Å². The molecule has 4 aromatic heterocycles. The molecule has 0 unspecified atom stereocenters. The van der Waals surface area contributed by atoms with E-state index in [4.69, 9.17) is 18.8 Å². The number of fused-ring (bicyclic) bond motifs is 18. The minimum absolute atomic E-state index is 0.583. The second kappa shape index (κ2) is 10.6. The topological polar surface area (TPSA) is 57.0 Å². The first kappa shape index (κ1) is 29.0. The Hall–Kier alpha value is -7.50. The lowest BCUT2D eigenvalue weighted by atomic mass is 9.91. The molecule has 0 atom stereocenters. The molecule has 0 saturated heterocycles. The van der Waals surface area contributed by atoms with Crippen molar-refractivity contribution in [3.8, 4) is 17.2 Å². The summed E-state index contributed by atoms with van der Waals surface area (Å²) < 4.78 is 15.3. The normalized spacial score (nSPS) is 12.4. The van der Waals surface area contributed by atoms with Crippen LogP contribution in [0.2, 0.25) is 0 Å². The standard InChI is InChI=1S/C50H27N3O2/c1-2-13-29-28(12-1)24-25-38-45-39(27-26-34-32-16-4-3-14-30(32)31-15-5-6-17-33(31)44(34)45)53(48(29)38)50-51-46-36-19-8-10-22-41(36)55-49(46)47(52-50)37-20-11-23-42-43(37)35-18-7-9-21-40(35)54-42/h1-27H. The van der Waals surface area contributed by atoms with Gasteiger partial charge in [-0.1, -0.05) is 133 Å². The summed E-state index contributed by atoms with van der Waals surface area (Å²) in [4.78, 5) is 11.0. The monoisotopic (exact) mass is 701 g/mol. The van der Waals surface area contributed by atoms with Gasteiger partial charge in [0, 0.05) is 43.3 Å². The highest BCUT2D eigenvalue weighted by molar-refractivity contribution is 6.36. The molecule has 0 radical (unpaired) electrons. The molecule has 254 valence electrons. The van der Waals surface area contributed by atoms with Crippen molar-refractivity contribution in [2.24, 2.45) is 0 Å². The number of para-hydroxylation sites is 2. The van der Waals surface area contributed by atoms with Crippen LogP contribution in [0.3, 0.4) is 0 Å². The molecular weight excluding hydrogens is 675 g/mol. The summed E-state index contributed by atoms with van der Waals surface area (Å²) in [6, 6.07) is 57.8. The van der Waals surface area contributed by atoms with Crippen molar-refractivity contribution in [1.29, 1.82) is 0 Å². The Morgan fingerprint density at radius 1 is 0.382 bits per heavy atom. The minimum atomic E-state index is 0.583. The van der Waals surface area contributed by atoms with Crippen molar-refractivity contribution in [2.45, 2.75) is 0 Å². The van der Waals surface area contributed by atoms with Crippen molar-refractivity contribution in [3.05, 3.63) is 164 Å². The maximum atomic E-state index is 6.67. The fourth-order valence-corrected chi connectivity index (χ4v) is 9.30. The third kappa shape index (κ3) is 3.81. The molecule has 9 aromatic carbocycles. The number of nitrogens with zero attached hydrogens (tertiary/aromatic N) is 3. The Kier molecular flexibility index (Phi) is 5.57. The Labute approximate surface area is 312 Å². The van der Waals surface area contributed by atoms with Crippen LogP contribution in [0.4, 0.5) is 0 Å². The van der Waals surface area contributed by atoms with E-state index in [0.717, 1.165) is 76.9 Å². The van der Waals surface area contributed by atoms with Crippen LogP contribution in [0, 0.1) is 0 Å². The van der Waals surface area contributed by atoms with Crippen LogP contribution in [-0.2, 0) is 0 Å². The van der Waals surface area contributed by atoms with Crippen molar-refractivity contribution in [1.82, 2.24) is 14.5 Å². The summed E-state index contributed by atoms with van der Waals surface area (Å²) in [5, 5.41) is 15.0. The van der Waals surface area contributed by atoms with E-state index in [9.17, 15) is 0 Å². The third-order valence-corrected chi connectivity index (χ3v) is 11.6. The van der Waals surface area contributed by atoms with Gasteiger partial charge >= 0.3 is 0 Å². The van der Waals surface area contributed by atoms with Crippen LogP contribution in [0.1, 0.15) is 0 Å². The molecule has 0 fully saturated rings. The average Bonchev–Trinajstić information content (AvgIpc) is 3.93. The molecule has 0 saturated carbocycles. The lowest BCUT2D eigenvalue weighted by molar-refractivity contribution is 0.666. The molecule has 55 heavy (non-hydrogen) atoms. The van der Waals surface area contributed by atoms with Gasteiger partial charge in [-0.05, 0) is 62.6 Å². The van der Waals surface area contributed by atoms with Crippen LogP contribution in [0.15, 0.2) is 173 Å². The van der Waals surface area contributed by atoms with Crippen molar-refractivity contribution in [2.75, 3.05) is 0 Å². The highest BCUT2D eigenvalue weighted by Crippen LogP contribution is 2.46. The smallest absolute Gasteiger partial charge is 0.236 e.